The number of benzene rings is 4. The number of aryl methyl sites for hydroxylation is 1. The van der Waals surface area contributed by atoms with Gasteiger partial charge < -0.3 is 14.1 Å². The number of imidazole rings is 1. The fourth-order valence-corrected chi connectivity index (χ4v) is 6.06. The molecule has 49 heavy (non-hydrogen) atoms. The van der Waals surface area contributed by atoms with Gasteiger partial charge in [-0.2, -0.15) is 0 Å². The van der Waals surface area contributed by atoms with Gasteiger partial charge in [0.05, 0.1) is 22.6 Å². The molecule has 6 heteroatoms. The molecule has 1 N–H and O–H groups in total. The standard InChI is InChI=1S/C36H35N2O.C7H12O2.Ir/c1-6-12-25-17-18-34-30(19-25)31(22-39-34)36-37-32-15-10-11-16-33(32)38(36)35-28(23(2)3)20-27(21-29(35)24(4)5)26-13-8-7-9-14-26;1-3-6(8)5-7(9)4-2;/h7-11,13-21,23-24H,6,12H2,1-5H3;5,8H,3-4H2,1-2H3;/q-1;;/b;6-5-;. The predicted molar refractivity (Wildman–Crippen MR) is 199 cm³/mol. The van der Waals surface area contributed by atoms with Crippen molar-refractivity contribution in [2.24, 2.45) is 0 Å². The van der Waals surface area contributed by atoms with Crippen molar-refractivity contribution < 1.29 is 34.4 Å². The smallest absolute Gasteiger partial charge is 0.158 e. The zero-order chi connectivity index (χ0) is 34.4. The van der Waals surface area contributed by atoms with Gasteiger partial charge in [-0.3, -0.25) is 9.78 Å². The van der Waals surface area contributed by atoms with Crippen molar-refractivity contribution in [1.29, 1.82) is 0 Å². The summed E-state index contributed by atoms with van der Waals surface area (Å²) < 4.78 is 8.34. The second kappa shape index (κ2) is 16.9. The largest absolute Gasteiger partial charge is 0.557 e. The molecule has 4 aromatic carbocycles. The van der Waals surface area contributed by atoms with Gasteiger partial charge in [0.2, 0.25) is 0 Å². The topological polar surface area (TPSA) is 68.3 Å². The normalized spacial score (nSPS) is 11.6. The molecule has 0 aliphatic carbocycles. The summed E-state index contributed by atoms with van der Waals surface area (Å²) in [6, 6.07) is 30.4. The summed E-state index contributed by atoms with van der Waals surface area (Å²) in [4.78, 5) is 15.8. The molecule has 0 fully saturated rings. The number of furan rings is 1. The maximum atomic E-state index is 10.5. The van der Waals surface area contributed by atoms with Crippen molar-refractivity contribution in [1.82, 2.24) is 9.55 Å². The molecule has 0 atom stereocenters. The molecule has 5 nitrogen and oxygen atoms in total. The summed E-state index contributed by atoms with van der Waals surface area (Å²) in [6.07, 6.45) is 7.66. The van der Waals surface area contributed by atoms with E-state index >= 15 is 0 Å². The Bertz CT molecular complexity index is 2020. The molecule has 0 unspecified atom stereocenters. The molecule has 0 bridgehead atoms. The van der Waals surface area contributed by atoms with Crippen LogP contribution in [0.5, 0.6) is 0 Å². The predicted octanol–water partition coefficient (Wildman–Crippen LogP) is 11.9. The van der Waals surface area contributed by atoms with Crippen LogP contribution in [0, 0.1) is 6.26 Å². The van der Waals surface area contributed by atoms with Crippen LogP contribution in [0.3, 0.4) is 0 Å². The fraction of sp³-hybridized carbons (Fsp3) is 0.302. The third kappa shape index (κ3) is 8.32. The summed E-state index contributed by atoms with van der Waals surface area (Å²) >= 11 is 0. The Balaban J connectivity index is 0.000000478. The first-order valence-electron chi connectivity index (χ1n) is 17.2. The summed E-state index contributed by atoms with van der Waals surface area (Å²) in [5, 5.41) is 9.87. The van der Waals surface area contributed by atoms with E-state index in [-0.39, 0.29) is 31.6 Å². The Morgan fingerprint density at radius 3 is 2.12 bits per heavy atom. The minimum atomic E-state index is -0.0191. The molecule has 0 saturated carbocycles. The molecule has 2 aromatic heterocycles. The number of carbonyl (C=O) groups is 1. The summed E-state index contributed by atoms with van der Waals surface area (Å²) in [6.45, 7) is 14.9. The molecule has 0 spiro atoms. The third-order valence-electron chi connectivity index (χ3n) is 8.68. The number of allylic oxidation sites excluding steroid dienone is 2. The maximum absolute atomic E-state index is 10.5. The van der Waals surface area contributed by atoms with Crippen molar-refractivity contribution in [3.05, 3.63) is 120 Å². The monoisotopic (exact) mass is 832 g/mol. The number of ketones is 1. The van der Waals surface area contributed by atoms with E-state index in [0.717, 1.165) is 46.2 Å². The molecule has 1 radical (unpaired) electrons. The number of carbonyl (C=O) groups excluding carboxylic acids is 1. The van der Waals surface area contributed by atoms with E-state index in [9.17, 15) is 4.79 Å². The van der Waals surface area contributed by atoms with Gasteiger partial charge in [0.1, 0.15) is 0 Å². The van der Waals surface area contributed by atoms with Crippen molar-refractivity contribution in [3.8, 4) is 28.2 Å². The van der Waals surface area contributed by atoms with Crippen LogP contribution >= 0.6 is 0 Å². The molecule has 6 aromatic rings. The van der Waals surface area contributed by atoms with E-state index in [1.54, 1.807) is 13.8 Å². The molecule has 2 heterocycles. The number of aromatic nitrogens is 2. The first-order valence-corrected chi connectivity index (χ1v) is 17.2. The average molecular weight is 832 g/mol. The summed E-state index contributed by atoms with van der Waals surface area (Å²) in [5.41, 5.74) is 11.5. The van der Waals surface area contributed by atoms with Gasteiger partial charge in [-0.15, -0.1) is 0 Å². The van der Waals surface area contributed by atoms with Crippen molar-refractivity contribution >= 4 is 27.8 Å². The van der Waals surface area contributed by atoms with E-state index in [1.807, 2.05) is 0 Å². The minimum Gasteiger partial charge on any atom is -0.557 e. The van der Waals surface area contributed by atoms with E-state index in [1.165, 1.54) is 39.6 Å². The van der Waals surface area contributed by atoms with E-state index in [4.69, 9.17) is 14.5 Å². The van der Waals surface area contributed by atoms with Crippen LogP contribution in [0.4, 0.5) is 0 Å². The molecule has 257 valence electrons. The van der Waals surface area contributed by atoms with Gasteiger partial charge in [0.15, 0.2) is 5.78 Å². The zero-order valence-corrected chi connectivity index (χ0v) is 32.0. The minimum absolute atomic E-state index is 0. The number of rotatable bonds is 10. The van der Waals surface area contributed by atoms with Crippen LogP contribution in [-0.4, -0.2) is 20.4 Å². The SMILES string of the molecule is CCC(=O)/C=C(\O)CC.CCCc1ccc2o[c-]c(-c3nc4ccccc4n3-c3c(C(C)C)cc(-c4ccccc4)cc3C(C)C)c2c1.[Ir]. The zero-order valence-electron chi connectivity index (χ0n) is 29.6. The number of fused-ring (bicyclic) bond motifs is 2. The molecule has 6 rings (SSSR count). The number of hydrogen-bond donors (Lipinski definition) is 1. The molecular formula is C43H47IrN2O3-. The van der Waals surface area contributed by atoms with Crippen LogP contribution in [0.25, 0.3) is 50.2 Å². The maximum Gasteiger partial charge on any atom is 0.158 e. The number of nitrogens with zero attached hydrogens (tertiary/aromatic N) is 2. The molecule has 0 saturated heterocycles. The second-order valence-corrected chi connectivity index (χ2v) is 12.9. The van der Waals surface area contributed by atoms with Gasteiger partial charge in [0, 0.05) is 56.6 Å². The van der Waals surface area contributed by atoms with Crippen LogP contribution in [0.15, 0.2) is 101 Å². The van der Waals surface area contributed by atoms with Gasteiger partial charge in [0.25, 0.3) is 0 Å². The van der Waals surface area contributed by atoms with E-state index in [2.05, 4.69) is 130 Å². The Labute approximate surface area is 304 Å². The van der Waals surface area contributed by atoms with Crippen LogP contribution in [0.1, 0.15) is 96.3 Å². The summed E-state index contributed by atoms with van der Waals surface area (Å²) in [5.74, 6) is 1.66. The number of aliphatic hydroxyl groups is 1. The van der Waals surface area contributed by atoms with Crippen LogP contribution in [0.2, 0.25) is 0 Å². The van der Waals surface area contributed by atoms with Gasteiger partial charge in [-0.05, 0) is 64.8 Å². The van der Waals surface area contributed by atoms with E-state index < -0.39 is 0 Å². The van der Waals surface area contributed by atoms with E-state index in [0.29, 0.717) is 24.7 Å². The fourth-order valence-electron chi connectivity index (χ4n) is 6.06. The van der Waals surface area contributed by atoms with Crippen molar-refractivity contribution in [2.45, 2.75) is 86.0 Å². The molecule has 0 aliphatic rings. The second-order valence-electron chi connectivity index (χ2n) is 12.9. The average Bonchev–Trinajstić information content (AvgIpc) is 3.69. The number of para-hydroxylation sites is 2. The molecule has 0 amide bonds. The van der Waals surface area contributed by atoms with Crippen LogP contribution in [-0.2, 0) is 31.3 Å². The van der Waals surface area contributed by atoms with Crippen molar-refractivity contribution in [2.75, 3.05) is 0 Å². The van der Waals surface area contributed by atoms with Crippen molar-refractivity contribution in [3.63, 3.8) is 0 Å². The van der Waals surface area contributed by atoms with Crippen LogP contribution < -0.4 is 0 Å². The first-order chi connectivity index (χ1) is 23.2. The first kappa shape index (κ1) is 37.6. The van der Waals surface area contributed by atoms with Gasteiger partial charge in [-0.25, -0.2) is 0 Å². The third-order valence-corrected chi connectivity index (χ3v) is 8.68. The molecule has 0 aliphatic heterocycles. The van der Waals surface area contributed by atoms with Gasteiger partial charge >= 0.3 is 0 Å². The Morgan fingerprint density at radius 2 is 1.51 bits per heavy atom. The van der Waals surface area contributed by atoms with Gasteiger partial charge in [-0.1, -0.05) is 132 Å². The Kier molecular flexibility index (Phi) is 13.0. The number of aliphatic hydroxyl groups excluding tert-OH is 1. The number of hydrogen-bond acceptors (Lipinski definition) is 4. The summed E-state index contributed by atoms with van der Waals surface area (Å²) in [7, 11) is 0. The molecular weight excluding hydrogens is 785 g/mol. The Morgan fingerprint density at radius 1 is 0.857 bits per heavy atom. The quantitative estimate of drug-likeness (QED) is 0.0848. The Hall–Kier alpha value is -4.25.